The molecule has 0 radical (unpaired) electrons. The van der Waals surface area contributed by atoms with Crippen LogP contribution in [0.15, 0.2) is 0 Å². The minimum Gasteiger partial charge on any atom is -0.395 e. The second-order valence-electron chi connectivity index (χ2n) is 4.21. The Labute approximate surface area is 95.1 Å². The molecule has 1 aliphatic carbocycles. The summed E-state index contributed by atoms with van der Waals surface area (Å²) in [4.78, 5) is 8.72. The van der Waals surface area contributed by atoms with E-state index in [0.717, 1.165) is 11.5 Å². The van der Waals surface area contributed by atoms with Crippen molar-refractivity contribution < 1.29 is 0 Å². The Morgan fingerprint density at radius 1 is 1.20 bits per heavy atom. The largest absolute Gasteiger partial charge is 0.395 e. The van der Waals surface area contributed by atoms with E-state index >= 15 is 0 Å². The predicted molar refractivity (Wildman–Crippen MR) is 62.0 cm³/mol. The maximum absolute atomic E-state index is 5.96. The van der Waals surface area contributed by atoms with Gasteiger partial charge >= 0.3 is 0 Å². The van der Waals surface area contributed by atoms with Crippen molar-refractivity contribution in [2.75, 3.05) is 5.73 Å². The minimum absolute atomic E-state index is 0.406. The van der Waals surface area contributed by atoms with Gasteiger partial charge < -0.3 is 5.73 Å². The molecule has 1 heterocycles. The zero-order chi connectivity index (χ0) is 10.8. The fourth-order valence-electron chi connectivity index (χ4n) is 2.11. The highest BCUT2D eigenvalue weighted by atomic mass is 35.5. The summed E-state index contributed by atoms with van der Waals surface area (Å²) in [7, 11) is 0. The Kier molecular flexibility index (Phi) is 3.10. The first-order valence-corrected chi connectivity index (χ1v) is 5.86. The first-order valence-electron chi connectivity index (χ1n) is 5.48. The van der Waals surface area contributed by atoms with E-state index in [0.29, 0.717) is 16.8 Å². The number of hydrogen-bond acceptors (Lipinski definition) is 3. The van der Waals surface area contributed by atoms with Gasteiger partial charge in [-0.2, -0.15) is 0 Å². The van der Waals surface area contributed by atoms with E-state index in [4.69, 9.17) is 17.3 Å². The number of aryl methyl sites for hydroxylation is 1. The van der Waals surface area contributed by atoms with Crippen molar-refractivity contribution in [1.82, 2.24) is 9.97 Å². The third kappa shape index (κ3) is 2.23. The second-order valence-corrected chi connectivity index (χ2v) is 4.56. The molecule has 1 aromatic rings. The summed E-state index contributed by atoms with van der Waals surface area (Å²) in [5.74, 6) is 1.36. The van der Waals surface area contributed by atoms with Crippen molar-refractivity contribution in [3.63, 3.8) is 0 Å². The number of aromatic nitrogens is 2. The summed E-state index contributed by atoms with van der Waals surface area (Å²) in [5.41, 5.74) is 7.04. The zero-order valence-corrected chi connectivity index (χ0v) is 9.72. The molecule has 4 heteroatoms. The fourth-order valence-corrected chi connectivity index (χ4v) is 2.33. The van der Waals surface area contributed by atoms with Crippen molar-refractivity contribution in [3.05, 3.63) is 16.7 Å². The third-order valence-corrected chi connectivity index (χ3v) is 3.37. The van der Waals surface area contributed by atoms with Crippen molar-refractivity contribution in [2.45, 2.75) is 44.9 Å². The zero-order valence-electron chi connectivity index (χ0n) is 8.96. The second kappa shape index (κ2) is 4.35. The summed E-state index contributed by atoms with van der Waals surface area (Å²) in [6.45, 7) is 1.88. The molecule has 0 spiro atoms. The third-order valence-electron chi connectivity index (χ3n) is 3.08. The summed E-state index contributed by atoms with van der Waals surface area (Å²) in [5, 5.41) is 0.406. The van der Waals surface area contributed by atoms with Crippen LogP contribution in [0.25, 0.3) is 0 Å². The van der Waals surface area contributed by atoms with Gasteiger partial charge in [0.15, 0.2) is 5.15 Å². The number of nitrogen functional groups attached to an aromatic ring is 1. The molecular formula is C11H16ClN3. The van der Waals surface area contributed by atoms with E-state index < -0.39 is 0 Å². The van der Waals surface area contributed by atoms with Crippen LogP contribution < -0.4 is 5.73 Å². The van der Waals surface area contributed by atoms with Crippen LogP contribution in [0.1, 0.15) is 49.5 Å². The molecule has 82 valence electrons. The van der Waals surface area contributed by atoms with E-state index in [-0.39, 0.29) is 0 Å². The van der Waals surface area contributed by atoms with Gasteiger partial charge in [-0.3, -0.25) is 0 Å². The SMILES string of the molecule is Cc1nc(C2CCCCC2)nc(Cl)c1N. The van der Waals surface area contributed by atoms with Crippen LogP contribution in [0.2, 0.25) is 5.15 Å². The molecule has 1 aromatic heterocycles. The van der Waals surface area contributed by atoms with Crippen molar-refractivity contribution >= 4 is 17.3 Å². The van der Waals surface area contributed by atoms with Crippen LogP contribution >= 0.6 is 11.6 Å². The number of rotatable bonds is 1. The molecule has 2 rings (SSSR count). The Balaban J connectivity index is 2.27. The van der Waals surface area contributed by atoms with Crippen LogP contribution in [-0.4, -0.2) is 9.97 Å². The van der Waals surface area contributed by atoms with Crippen LogP contribution in [0.4, 0.5) is 5.69 Å². The average molecular weight is 226 g/mol. The summed E-state index contributed by atoms with van der Waals surface area (Å²) in [6, 6.07) is 0. The normalized spacial score (nSPS) is 18.0. The van der Waals surface area contributed by atoms with E-state index in [1.54, 1.807) is 0 Å². The standard InChI is InChI=1S/C11H16ClN3/c1-7-9(13)10(12)15-11(14-7)8-5-3-2-4-6-8/h8H,2-6,13H2,1H3. The highest BCUT2D eigenvalue weighted by molar-refractivity contribution is 6.31. The van der Waals surface area contributed by atoms with Crippen LogP contribution in [0.3, 0.4) is 0 Å². The van der Waals surface area contributed by atoms with Gasteiger partial charge in [-0.1, -0.05) is 30.9 Å². The average Bonchev–Trinajstić information content (AvgIpc) is 2.26. The van der Waals surface area contributed by atoms with Crippen molar-refractivity contribution in [1.29, 1.82) is 0 Å². The molecule has 2 N–H and O–H groups in total. The molecule has 1 aliphatic rings. The molecule has 1 fully saturated rings. The molecule has 0 saturated heterocycles. The molecule has 0 unspecified atom stereocenters. The molecule has 0 aromatic carbocycles. The Hall–Kier alpha value is -0.830. The fraction of sp³-hybridized carbons (Fsp3) is 0.636. The summed E-state index contributed by atoms with van der Waals surface area (Å²) < 4.78 is 0. The van der Waals surface area contributed by atoms with Gasteiger partial charge in [0.2, 0.25) is 0 Å². The smallest absolute Gasteiger partial charge is 0.155 e. The lowest BCUT2D eigenvalue weighted by Crippen LogP contribution is -2.11. The molecule has 3 nitrogen and oxygen atoms in total. The van der Waals surface area contributed by atoms with Gasteiger partial charge in [0.1, 0.15) is 5.82 Å². The molecule has 0 aliphatic heterocycles. The summed E-state index contributed by atoms with van der Waals surface area (Å²) in [6.07, 6.45) is 6.24. The lowest BCUT2D eigenvalue weighted by Gasteiger charge is -2.20. The van der Waals surface area contributed by atoms with Gasteiger partial charge in [0.25, 0.3) is 0 Å². The van der Waals surface area contributed by atoms with Crippen LogP contribution in [0, 0.1) is 6.92 Å². The molecule has 0 atom stereocenters. The highest BCUT2D eigenvalue weighted by Crippen LogP contribution is 2.32. The van der Waals surface area contributed by atoms with Crippen molar-refractivity contribution in [2.24, 2.45) is 0 Å². The quantitative estimate of drug-likeness (QED) is 0.748. The van der Waals surface area contributed by atoms with Crippen LogP contribution in [0.5, 0.6) is 0 Å². The predicted octanol–water partition coefficient (Wildman–Crippen LogP) is 3.07. The van der Waals surface area contributed by atoms with E-state index in [9.17, 15) is 0 Å². The number of halogens is 1. The van der Waals surface area contributed by atoms with Gasteiger partial charge in [0, 0.05) is 5.92 Å². The Morgan fingerprint density at radius 2 is 1.87 bits per heavy atom. The van der Waals surface area contributed by atoms with Gasteiger partial charge in [-0.15, -0.1) is 0 Å². The Morgan fingerprint density at radius 3 is 2.47 bits per heavy atom. The minimum atomic E-state index is 0.406. The molecule has 15 heavy (non-hydrogen) atoms. The number of anilines is 1. The maximum atomic E-state index is 5.96. The Bertz CT molecular complexity index is 336. The van der Waals surface area contributed by atoms with Gasteiger partial charge in [-0.25, -0.2) is 9.97 Å². The van der Waals surface area contributed by atoms with Gasteiger partial charge in [0.05, 0.1) is 11.4 Å². The number of hydrogen-bond donors (Lipinski definition) is 1. The lowest BCUT2D eigenvalue weighted by molar-refractivity contribution is 0.428. The highest BCUT2D eigenvalue weighted by Gasteiger charge is 2.19. The number of nitrogens with two attached hydrogens (primary N) is 1. The molecule has 0 bridgehead atoms. The first kappa shape index (κ1) is 10.7. The van der Waals surface area contributed by atoms with Crippen LogP contribution in [-0.2, 0) is 0 Å². The van der Waals surface area contributed by atoms with E-state index in [1.165, 1.54) is 32.1 Å². The monoisotopic (exact) mass is 225 g/mol. The number of nitrogens with zero attached hydrogens (tertiary/aromatic N) is 2. The van der Waals surface area contributed by atoms with E-state index in [1.807, 2.05) is 6.92 Å². The molecular weight excluding hydrogens is 210 g/mol. The molecule has 0 amide bonds. The molecule has 1 saturated carbocycles. The maximum Gasteiger partial charge on any atom is 0.155 e. The lowest BCUT2D eigenvalue weighted by atomic mass is 9.88. The topological polar surface area (TPSA) is 51.8 Å². The van der Waals surface area contributed by atoms with Gasteiger partial charge in [-0.05, 0) is 19.8 Å². The first-order chi connectivity index (χ1) is 7.18. The van der Waals surface area contributed by atoms with Crippen molar-refractivity contribution in [3.8, 4) is 0 Å². The van der Waals surface area contributed by atoms with E-state index in [2.05, 4.69) is 9.97 Å². The summed E-state index contributed by atoms with van der Waals surface area (Å²) >= 11 is 5.96.